The first-order valence-electron chi connectivity index (χ1n) is 16.9. The summed E-state index contributed by atoms with van der Waals surface area (Å²) in [5.41, 5.74) is 1.81. The van der Waals surface area contributed by atoms with E-state index in [1.54, 1.807) is 4.90 Å². The highest BCUT2D eigenvalue weighted by Gasteiger charge is 2.72. The van der Waals surface area contributed by atoms with E-state index >= 15 is 0 Å². The number of carbonyl (C=O) groups is 3. The van der Waals surface area contributed by atoms with Gasteiger partial charge in [0.2, 0.25) is 17.7 Å². The van der Waals surface area contributed by atoms with Crippen LogP contribution in [0.25, 0.3) is 0 Å². The van der Waals surface area contributed by atoms with Gasteiger partial charge in [0, 0.05) is 44.5 Å². The molecule has 0 radical (unpaired) electrons. The maximum absolute atomic E-state index is 14.4. The number of nitrogens with one attached hydrogen (secondary N) is 2. The number of piperazine rings is 1. The van der Waals surface area contributed by atoms with Crippen molar-refractivity contribution in [2.45, 2.75) is 84.1 Å². The van der Waals surface area contributed by atoms with E-state index in [1.165, 1.54) is 6.42 Å². The summed E-state index contributed by atoms with van der Waals surface area (Å²) in [6.07, 6.45) is 7.26. The molecule has 1 saturated carbocycles. The lowest BCUT2D eigenvalue weighted by Crippen LogP contribution is -2.58. The minimum Gasteiger partial charge on any atom is -0.359 e. The lowest BCUT2D eigenvalue weighted by Gasteiger charge is -2.38. The van der Waals surface area contributed by atoms with Gasteiger partial charge in [-0.25, -0.2) is 0 Å². The number of aryl methyl sites for hydroxylation is 2. The predicted molar refractivity (Wildman–Crippen MR) is 171 cm³/mol. The fraction of sp³-hybridized carbons (Fsp3) is 0.686. The van der Waals surface area contributed by atoms with E-state index < -0.39 is 29.6 Å². The summed E-state index contributed by atoms with van der Waals surface area (Å²) in [7, 11) is 0. The maximum Gasteiger partial charge on any atom is 0.246 e. The molecule has 240 valence electrons. The van der Waals surface area contributed by atoms with Crippen LogP contribution < -0.4 is 10.6 Å². The van der Waals surface area contributed by atoms with E-state index in [4.69, 9.17) is 4.74 Å². The molecule has 1 spiro atoms. The van der Waals surface area contributed by atoms with Gasteiger partial charge < -0.3 is 30.1 Å². The highest BCUT2D eigenvalue weighted by molar-refractivity contribution is 6.02. The number of hydrogen-bond donors (Lipinski definition) is 2. The Kier molecular flexibility index (Phi) is 8.92. The molecule has 8 atom stereocenters. The quantitative estimate of drug-likeness (QED) is 0.420. The molecule has 2 N–H and O–H groups in total. The van der Waals surface area contributed by atoms with E-state index in [1.807, 2.05) is 44.2 Å². The van der Waals surface area contributed by atoms with Crippen LogP contribution in [-0.2, 0) is 19.1 Å². The lowest BCUT2D eigenvalue weighted by molar-refractivity contribution is -0.141. The number of fused-ring (bicyclic) bond motifs is 1. The number of carbonyl (C=O) groups excluding carboxylic acids is 3. The van der Waals surface area contributed by atoms with Crippen LogP contribution in [0.15, 0.2) is 30.4 Å². The number of ether oxygens (including phenoxy) is 1. The normalized spacial score (nSPS) is 35.2. The average molecular weight is 606 g/mol. The molecule has 5 aliphatic rings. The number of likely N-dealkylation sites (N-methyl/N-ethyl adjacent to an activating group) is 1. The number of hydrogen-bond acceptors (Lipinski definition) is 6. The molecule has 6 unspecified atom stereocenters. The second kappa shape index (κ2) is 12.6. The van der Waals surface area contributed by atoms with Crippen LogP contribution in [0.2, 0.25) is 0 Å². The smallest absolute Gasteiger partial charge is 0.246 e. The summed E-state index contributed by atoms with van der Waals surface area (Å²) in [5.74, 6) is -1.04. The molecule has 4 aliphatic heterocycles. The molecule has 1 aromatic rings. The van der Waals surface area contributed by atoms with Crippen molar-refractivity contribution >= 4 is 23.4 Å². The SMILES string of the molecule is CCN1CCN(CCCN2C(=O)[C@@H]3C(C(=O)Nc4ccc(C)c(C)c4)[C@@H]4C=CC3(O4)C2C(=O)NC2CCCC(C)C2C)CC1. The highest BCUT2D eigenvalue weighted by Crippen LogP contribution is 2.55. The van der Waals surface area contributed by atoms with Crippen LogP contribution in [0.4, 0.5) is 5.69 Å². The Balaban J connectivity index is 1.23. The summed E-state index contributed by atoms with van der Waals surface area (Å²) < 4.78 is 6.58. The molecule has 0 aromatic heterocycles. The van der Waals surface area contributed by atoms with E-state index in [-0.39, 0.29) is 23.8 Å². The fourth-order valence-electron chi connectivity index (χ4n) is 8.39. The van der Waals surface area contributed by atoms with Crippen molar-refractivity contribution in [3.05, 3.63) is 41.5 Å². The van der Waals surface area contributed by atoms with Crippen molar-refractivity contribution in [2.75, 3.05) is 51.1 Å². The monoisotopic (exact) mass is 605 g/mol. The largest absolute Gasteiger partial charge is 0.359 e. The molecule has 3 saturated heterocycles. The first kappa shape index (κ1) is 31.2. The Bertz CT molecular complexity index is 1290. The molecule has 1 aliphatic carbocycles. The second-order valence-electron chi connectivity index (χ2n) is 14.0. The van der Waals surface area contributed by atoms with E-state index in [2.05, 4.69) is 41.2 Å². The third kappa shape index (κ3) is 5.60. The van der Waals surface area contributed by atoms with Crippen LogP contribution in [-0.4, -0.2) is 102 Å². The number of nitrogens with zero attached hydrogens (tertiary/aromatic N) is 3. The third-order valence-corrected chi connectivity index (χ3v) is 11.5. The molecule has 6 rings (SSSR count). The molecular formula is C35H51N5O4. The first-order valence-corrected chi connectivity index (χ1v) is 16.9. The van der Waals surface area contributed by atoms with Crippen LogP contribution in [0, 0.1) is 37.5 Å². The van der Waals surface area contributed by atoms with Crippen molar-refractivity contribution in [1.82, 2.24) is 20.0 Å². The minimum atomic E-state index is -1.13. The van der Waals surface area contributed by atoms with Crippen molar-refractivity contribution in [2.24, 2.45) is 23.7 Å². The van der Waals surface area contributed by atoms with Gasteiger partial charge in [-0.05, 0) is 74.9 Å². The molecule has 2 bridgehead atoms. The van der Waals surface area contributed by atoms with Crippen molar-refractivity contribution in [1.29, 1.82) is 0 Å². The summed E-state index contributed by atoms with van der Waals surface area (Å²) in [6, 6.07) is 5.12. The lowest BCUT2D eigenvalue weighted by atomic mass is 9.73. The van der Waals surface area contributed by atoms with Crippen molar-refractivity contribution in [3.63, 3.8) is 0 Å². The number of amides is 3. The van der Waals surface area contributed by atoms with Crippen LogP contribution in [0.1, 0.15) is 57.6 Å². The molecule has 1 aromatic carbocycles. The van der Waals surface area contributed by atoms with E-state index in [9.17, 15) is 14.4 Å². The predicted octanol–water partition coefficient (Wildman–Crippen LogP) is 3.36. The summed E-state index contributed by atoms with van der Waals surface area (Å²) in [6.45, 7) is 17.3. The highest BCUT2D eigenvalue weighted by atomic mass is 16.5. The average Bonchev–Trinajstić information content (AvgIpc) is 3.65. The van der Waals surface area contributed by atoms with Gasteiger partial charge in [0.25, 0.3) is 0 Å². The van der Waals surface area contributed by atoms with Gasteiger partial charge >= 0.3 is 0 Å². The Morgan fingerprint density at radius 1 is 1.00 bits per heavy atom. The van der Waals surface area contributed by atoms with Gasteiger partial charge in [0.1, 0.15) is 11.6 Å². The van der Waals surface area contributed by atoms with E-state index in [0.717, 1.165) is 69.7 Å². The Morgan fingerprint density at radius 3 is 2.48 bits per heavy atom. The van der Waals surface area contributed by atoms with Crippen LogP contribution >= 0.6 is 0 Å². The molecule has 9 nitrogen and oxygen atoms in total. The summed E-state index contributed by atoms with van der Waals surface area (Å²) in [5, 5.41) is 6.43. The Labute approximate surface area is 262 Å². The zero-order chi connectivity index (χ0) is 31.2. The Morgan fingerprint density at radius 2 is 1.75 bits per heavy atom. The fourth-order valence-corrected chi connectivity index (χ4v) is 8.39. The zero-order valence-corrected chi connectivity index (χ0v) is 27.2. The van der Waals surface area contributed by atoms with Gasteiger partial charge in [-0.15, -0.1) is 0 Å². The zero-order valence-electron chi connectivity index (χ0n) is 27.2. The molecular weight excluding hydrogens is 554 g/mol. The Hall–Kier alpha value is -2.75. The molecule has 9 heteroatoms. The van der Waals surface area contributed by atoms with Gasteiger partial charge in [-0.2, -0.15) is 0 Å². The van der Waals surface area contributed by atoms with Crippen LogP contribution in [0.3, 0.4) is 0 Å². The third-order valence-electron chi connectivity index (χ3n) is 11.5. The first-order chi connectivity index (χ1) is 21.1. The maximum atomic E-state index is 14.4. The van der Waals surface area contributed by atoms with Gasteiger partial charge in [-0.1, -0.05) is 51.8 Å². The molecule has 4 heterocycles. The number of benzene rings is 1. The van der Waals surface area contributed by atoms with Gasteiger partial charge in [-0.3, -0.25) is 14.4 Å². The topological polar surface area (TPSA) is 94.2 Å². The number of anilines is 1. The molecule has 44 heavy (non-hydrogen) atoms. The van der Waals surface area contributed by atoms with Crippen LogP contribution in [0.5, 0.6) is 0 Å². The second-order valence-corrected chi connectivity index (χ2v) is 14.0. The van der Waals surface area contributed by atoms with Gasteiger partial charge in [0.15, 0.2) is 0 Å². The molecule has 4 fully saturated rings. The van der Waals surface area contributed by atoms with Crippen molar-refractivity contribution in [3.8, 4) is 0 Å². The summed E-state index contributed by atoms with van der Waals surface area (Å²) >= 11 is 0. The minimum absolute atomic E-state index is 0.0694. The summed E-state index contributed by atoms with van der Waals surface area (Å²) in [4.78, 5) is 49.1. The molecule has 3 amide bonds. The number of rotatable bonds is 9. The van der Waals surface area contributed by atoms with Crippen molar-refractivity contribution < 1.29 is 19.1 Å². The van der Waals surface area contributed by atoms with Gasteiger partial charge in [0.05, 0.1) is 17.9 Å². The van der Waals surface area contributed by atoms with E-state index in [0.29, 0.717) is 24.1 Å². The number of likely N-dealkylation sites (tertiary alicyclic amines) is 1. The standard InChI is InChI=1S/C35H51N5O4/c1-6-38-17-19-39(20-18-38)15-8-16-40-31(33(42)37-27-10-7-9-23(3)25(27)5)35-14-13-28(44-35)29(30(35)34(40)43)32(41)36-26-12-11-22(2)24(4)21-26/h11-14,21,23,25,27-31H,6-10,15-20H2,1-5H3,(H,36,41)(H,37,42)/t23?,25?,27?,28-,29?,30-,31?,35?/m0/s1.